The molecule has 1 aromatic rings. The second kappa shape index (κ2) is 6.05. The predicted molar refractivity (Wildman–Crippen MR) is 70.6 cm³/mol. The van der Waals surface area contributed by atoms with E-state index < -0.39 is 0 Å². The van der Waals surface area contributed by atoms with Crippen molar-refractivity contribution in [3.05, 3.63) is 23.7 Å². The molecule has 4 heteroatoms. The fraction of sp³-hybridized carbons (Fsp3) is 0.643. The topological polar surface area (TPSA) is 45.5 Å². The standard InChI is InChI=1S/C14H22N2O2/c1-3-13-12(6-8-18-13)14(17)16(2)10-11-5-4-7-15-9-11/h6,8,11,15H,3-5,7,9-10H2,1-2H3. The number of nitrogens with one attached hydrogen (secondary N) is 1. The van der Waals surface area contributed by atoms with Gasteiger partial charge in [-0.1, -0.05) is 6.92 Å². The molecule has 2 rings (SSSR count). The number of hydrogen-bond acceptors (Lipinski definition) is 3. The third-order valence-corrected chi connectivity index (χ3v) is 3.57. The number of aryl methyl sites for hydroxylation is 1. The van der Waals surface area contributed by atoms with E-state index in [1.165, 1.54) is 12.8 Å². The lowest BCUT2D eigenvalue weighted by atomic mass is 9.99. The summed E-state index contributed by atoms with van der Waals surface area (Å²) in [6.45, 7) is 4.94. The van der Waals surface area contributed by atoms with Crippen molar-refractivity contribution in [2.24, 2.45) is 5.92 Å². The maximum atomic E-state index is 12.3. The van der Waals surface area contributed by atoms with Gasteiger partial charge in [-0.05, 0) is 37.9 Å². The van der Waals surface area contributed by atoms with Crippen molar-refractivity contribution in [3.8, 4) is 0 Å². The molecule has 1 aromatic heterocycles. The van der Waals surface area contributed by atoms with Gasteiger partial charge in [-0.3, -0.25) is 4.79 Å². The summed E-state index contributed by atoms with van der Waals surface area (Å²) in [6, 6.07) is 1.77. The zero-order valence-electron chi connectivity index (χ0n) is 11.2. The van der Waals surface area contributed by atoms with Crippen LogP contribution in [0.1, 0.15) is 35.9 Å². The molecule has 0 bridgehead atoms. The number of carbonyl (C=O) groups excluding carboxylic acids is 1. The second-order valence-electron chi connectivity index (χ2n) is 5.01. The summed E-state index contributed by atoms with van der Waals surface area (Å²) < 4.78 is 5.32. The smallest absolute Gasteiger partial charge is 0.257 e. The fourth-order valence-corrected chi connectivity index (χ4v) is 2.56. The highest BCUT2D eigenvalue weighted by Crippen LogP contribution is 2.16. The zero-order valence-corrected chi connectivity index (χ0v) is 11.2. The van der Waals surface area contributed by atoms with Gasteiger partial charge in [-0.25, -0.2) is 0 Å². The van der Waals surface area contributed by atoms with Crippen LogP contribution in [0.4, 0.5) is 0 Å². The van der Waals surface area contributed by atoms with Crippen LogP contribution < -0.4 is 5.32 Å². The van der Waals surface area contributed by atoms with Gasteiger partial charge in [0.15, 0.2) is 0 Å². The van der Waals surface area contributed by atoms with Crippen molar-refractivity contribution in [2.45, 2.75) is 26.2 Å². The van der Waals surface area contributed by atoms with Crippen molar-refractivity contribution in [3.63, 3.8) is 0 Å². The monoisotopic (exact) mass is 250 g/mol. The van der Waals surface area contributed by atoms with Crippen LogP contribution in [0.2, 0.25) is 0 Å². The molecule has 1 N–H and O–H groups in total. The molecule has 18 heavy (non-hydrogen) atoms. The number of piperidine rings is 1. The van der Waals surface area contributed by atoms with E-state index in [2.05, 4.69) is 5.32 Å². The van der Waals surface area contributed by atoms with Gasteiger partial charge in [0.2, 0.25) is 0 Å². The van der Waals surface area contributed by atoms with Gasteiger partial charge in [-0.2, -0.15) is 0 Å². The molecule has 1 atom stereocenters. The SMILES string of the molecule is CCc1occc1C(=O)N(C)CC1CCCNC1. The first-order valence-corrected chi connectivity index (χ1v) is 6.75. The maximum Gasteiger partial charge on any atom is 0.257 e. The summed E-state index contributed by atoms with van der Waals surface area (Å²) in [6.07, 6.45) is 4.77. The van der Waals surface area contributed by atoms with Crippen LogP contribution in [0.25, 0.3) is 0 Å². The average molecular weight is 250 g/mol. The van der Waals surface area contributed by atoms with Crippen LogP contribution in [0, 0.1) is 5.92 Å². The average Bonchev–Trinajstić information content (AvgIpc) is 2.87. The van der Waals surface area contributed by atoms with Crippen LogP contribution >= 0.6 is 0 Å². The molecular formula is C14H22N2O2. The van der Waals surface area contributed by atoms with Gasteiger partial charge in [0.25, 0.3) is 5.91 Å². The van der Waals surface area contributed by atoms with Gasteiger partial charge in [0, 0.05) is 20.0 Å². The van der Waals surface area contributed by atoms with Gasteiger partial charge in [0.1, 0.15) is 5.76 Å². The molecule has 4 nitrogen and oxygen atoms in total. The summed E-state index contributed by atoms with van der Waals surface area (Å²) in [5.41, 5.74) is 0.712. The Kier molecular flexibility index (Phi) is 4.42. The Morgan fingerprint density at radius 1 is 1.61 bits per heavy atom. The maximum absolute atomic E-state index is 12.3. The fourth-order valence-electron chi connectivity index (χ4n) is 2.56. The normalized spacial score (nSPS) is 19.8. The largest absolute Gasteiger partial charge is 0.469 e. The number of carbonyl (C=O) groups is 1. The highest BCUT2D eigenvalue weighted by molar-refractivity contribution is 5.95. The highest BCUT2D eigenvalue weighted by Gasteiger charge is 2.21. The molecule has 100 valence electrons. The van der Waals surface area contributed by atoms with Crippen LogP contribution in [0.5, 0.6) is 0 Å². The molecule has 1 amide bonds. The first-order valence-electron chi connectivity index (χ1n) is 6.75. The highest BCUT2D eigenvalue weighted by atomic mass is 16.3. The first-order chi connectivity index (χ1) is 8.72. The molecule has 1 aliphatic heterocycles. The Morgan fingerprint density at radius 2 is 2.44 bits per heavy atom. The number of hydrogen-bond donors (Lipinski definition) is 1. The minimum atomic E-state index is 0.0752. The van der Waals surface area contributed by atoms with E-state index in [1.54, 1.807) is 12.3 Å². The minimum Gasteiger partial charge on any atom is -0.469 e. The Bertz CT molecular complexity index is 394. The molecule has 0 aromatic carbocycles. The van der Waals surface area contributed by atoms with Crippen LogP contribution in [-0.4, -0.2) is 37.5 Å². The molecule has 0 spiro atoms. The summed E-state index contributed by atoms with van der Waals surface area (Å²) in [7, 11) is 1.88. The van der Waals surface area contributed by atoms with Gasteiger partial charge in [0.05, 0.1) is 11.8 Å². The Morgan fingerprint density at radius 3 is 3.11 bits per heavy atom. The third-order valence-electron chi connectivity index (χ3n) is 3.57. The lowest BCUT2D eigenvalue weighted by Crippen LogP contribution is -2.39. The summed E-state index contributed by atoms with van der Waals surface area (Å²) in [4.78, 5) is 14.1. The zero-order chi connectivity index (χ0) is 13.0. The molecular weight excluding hydrogens is 228 g/mol. The molecule has 0 aliphatic carbocycles. The van der Waals surface area contributed by atoms with E-state index in [1.807, 2.05) is 18.9 Å². The number of furan rings is 1. The number of nitrogens with zero attached hydrogens (tertiary/aromatic N) is 1. The van der Waals surface area contributed by atoms with Gasteiger partial charge >= 0.3 is 0 Å². The van der Waals surface area contributed by atoms with Gasteiger partial charge < -0.3 is 14.6 Å². The van der Waals surface area contributed by atoms with E-state index in [4.69, 9.17) is 4.42 Å². The van der Waals surface area contributed by atoms with Crippen molar-refractivity contribution in [1.29, 1.82) is 0 Å². The molecule has 0 saturated carbocycles. The van der Waals surface area contributed by atoms with Gasteiger partial charge in [-0.15, -0.1) is 0 Å². The van der Waals surface area contributed by atoms with Crippen molar-refractivity contribution >= 4 is 5.91 Å². The van der Waals surface area contributed by atoms with Crippen LogP contribution in [0.3, 0.4) is 0 Å². The molecule has 1 unspecified atom stereocenters. The molecule has 1 aliphatic rings. The molecule has 2 heterocycles. The molecule has 1 saturated heterocycles. The number of amides is 1. The molecule has 1 fully saturated rings. The van der Waals surface area contributed by atoms with E-state index >= 15 is 0 Å². The van der Waals surface area contributed by atoms with E-state index in [9.17, 15) is 4.79 Å². The Balaban J connectivity index is 1.95. The first kappa shape index (κ1) is 13.1. The summed E-state index contributed by atoms with van der Waals surface area (Å²) in [5.74, 6) is 1.43. The van der Waals surface area contributed by atoms with Crippen molar-refractivity contribution < 1.29 is 9.21 Å². The van der Waals surface area contributed by atoms with Crippen molar-refractivity contribution in [1.82, 2.24) is 10.2 Å². The molecule has 0 radical (unpaired) electrons. The Hall–Kier alpha value is -1.29. The van der Waals surface area contributed by atoms with E-state index in [-0.39, 0.29) is 5.91 Å². The lowest BCUT2D eigenvalue weighted by molar-refractivity contribution is 0.0762. The Labute approximate surface area is 108 Å². The predicted octanol–water partition coefficient (Wildman–Crippen LogP) is 1.91. The second-order valence-corrected chi connectivity index (χ2v) is 5.01. The summed E-state index contributed by atoms with van der Waals surface area (Å²) >= 11 is 0. The lowest BCUT2D eigenvalue weighted by Gasteiger charge is -2.27. The quantitative estimate of drug-likeness (QED) is 0.888. The van der Waals surface area contributed by atoms with Crippen molar-refractivity contribution in [2.75, 3.05) is 26.7 Å². The number of rotatable bonds is 4. The van der Waals surface area contributed by atoms with E-state index in [0.717, 1.165) is 31.8 Å². The van der Waals surface area contributed by atoms with E-state index in [0.29, 0.717) is 11.5 Å². The minimum absolute atomic E-state index is 0.0752. The van der Waals surface area contributed by atoms with Crippen LogP contribution in [0.15, 0.2) is 16.7 Å². The third kappa shape index (κ3) is 2.93. The van der Waals surface area contributed by atoms with Crippen LogP contribution in [-0.2, 0) is 6.42 Å². The summed E-state index contributed by atoms with van der Waals surface area (Å²) in [5, 5.41) is 3.38.